The molecule has 1 rings (SSSR count). The van der Waals surface area contributed by atoms with Gasteiger partial charge in [0, 0.05) is 13.0 Å². The molecular formula is C31H64NO7PSi. The molecule has 1 saturated heterocycles. The van der Waals surface area contributed by atoms with Gasteiger partial charge in [0.05, 0.1) is 25.4 Å². The van der Waals surface area contributed by atoms with E-state index in [1.807, 2.05) is 20.8 Å². The Morgan fingerprint density at radius 2 is 1.44 bits per heavy atom. The summed E-state index contributed by atoms with van der Waals surface area (Å²) in [5, 5.41) is 2.98. The first-order valence-electron chi connectivity index (χ1n) is 16.2. The van der Waals surface area contributed by atoms with Crippen molar-refractivity contribution < 1.29 is 32.1 Å². The summed E-state index contributed by atoms with van der Waals surface area (Å²) >= 11 is 0. The lowest BCUT2D eigenvalue weighted by Gasteiger charge is -2.42. The van der Waals surface area contributed by atoms with Gasteiger partial charge in [0.1, 0.15) is 5.60 Å². The molecule has 1 unspecified atom stereocenters. The normalized spacial score (nSPS) is 22.9. The Balaban J connectivity index is 2.79. The number of amides is 1. The molecule has 0 aromatic rings. The number of carbonyl (C=O) groups is 1. The number of ether oxygens (including phenoxy) is 1. The van der Waals surface area contributed by atoms with E-state index in [0.29, 0.717) is 0 Å². The van der Waals surface area contributed by atoms with Crippen molar-refractivity contribution >= 4 is 22.2 Å². The first kappa shape index (κ1) is 38.6. The first-order chi connectivity index (χ1) is 19.0. The third kappa shape index (κ3) is 15.7. The highest BCUT2D eigenvalue weighted by molar-refractivity contribution is 7.48. The van der Waals surface area contributed by atoms with Gasteiger partial charge >= 0.3 is 13.9 Å². The van der Waals surface area contributed by atoms with Crippen LogP contribution in [-0.2, 0) is 27.3 Å². The van der Waals surface area contributed by atoms with Crippen LogP contribution in [0.25, 0.3) is 0 Å². The van der Waals surface area contributed by atoms with Crippen LogP contribution in [0.4, 0.5) is 4.79 Å². The topological polar surface area (TPSA) is 92.3 Å². The predicted octanol–water partition coefficient (Wildman–Crippen LogP) is 9.78. The fraction of sp³-hybridized carbons (Fsp3) is 0.968. The zero-order valence-electron chi connectivity index (χ0n) is 28.1. The van der Waals surface area contributed by atoms with Gasteiger partial charge in [0.25, 0.3) is 0 Å². The maximum atomic E-state index is 13.1. The molecule has 0 saturated carbocycles. The van der Waals surface area contributed by atoms with Crippen molar-refractivity contribution in [3.63, 3.8) is 0 Å². The van der Waals surface area contributed by atoms with E-state index in [-0.39, 0.29) is 24.2 Å². The number of phosphoric acid groups is 1. The van der Waals surface area contributed by atoms with Gasteiger partial charge in [0.15, 0.2) is 8.32 Å². The second kappa shape index (κ2) is 18.4. The zero-order chi connectivity index (χ0) is 31.2. The van der Waals surface area contributed by atoms with Crippen LogP contribution < -0.4 is 5.32 Å². The van der Waals surface area contributed by atoms with Crippen molar-refractivity contribution in [2.45, 2.75) is 168 Å². The van der Waals surface area contributed by atoms with Crippen LogP contribution in [0.15, 0.2) is 0 Å². The van der Waals surface area contributed by atoms with Crippen molar-refractivity contribution in [2.75, 3.05) is 20.3 Å². The van der Waals surface area contributed by atoms with Crippen LogP contribution in [0, 0.1) is 5.92 Å². The summed E-state index contributed by atoms with van der Waals surface area (Å²) in [7, 11) is -4.54. The molecular weight excluding hydrogens is 557 g/mol. The molecule has 0 bridgehead atoms. The third-order valence-corrected chi connectivity index (χ3v) is 14.3. The van der Waals surface area contributed by atoms with Crippen molar-refractivity contribution in [2.24, 2.45) is 5.92 Å². The van der Waals surface area contributed by atoms with Crippen LogP contribution in [0.2, 0.25) is 18.1 Å². The van der Waals surface area contributed by atoms with Gasteiger partial charge in [-0.1, -0.05) is 105 Å². The molecule has 10 heteroatoms. The largest absolute Gasteiger partial charge is 0.474 e. The molecule has 0 aliphatic carbocycles. The molecule has 0 aromatic carbocycles. The second-order valence-corrected chi connectivity index (χ2v) is 20.8. The molecule has 1 fully saturated rings. The fourth-order valence-corrected chi connectivity index (χ4v) is 7.01. The predicted molar refractivity (Wildman–Crippen MR) is 171 cm³/mol. The summed E-state index contributed by atoms with van der Waals surface area (Å²) in [6.07, 6.45) is 15.1. The molecule has 1 N–H and O–H groups in total. The summed E-state index contributed by atoms with van der Waals surface area (Å²) in [6.45, 7) is 19.1. The number of hydrogen-bond acceptors (Lipinski definition) is 7. The van der Waals surface area contributed by atoms with Crippen LogP contribution in [0.1, 0.15) is 132 Å². The van der Waals surface area contributed by atoms with Gasteiger partial charge in [-0.05, 0) is 45.3 Å². The monoisotopic (exact) mass is 621 g/mol. The van der Waals surface area contributed by atoms with E-state index in [1.54, 1.807) is 0 Å². The van der Waals surface area contributed by atoms with Gasteiger partial charge < -0.3 is 14.5 Å². The SMILES string of the molecule is CCCCCCCCCCCCCC[C@@H]1COP(=O)(OC)O[C@@H]1[C@H](CO[Si](C)(C)C(C)(C)C)NC(=O)OC(C)(C)C. The lowest BCUT2D eigenvalue weighted by atomic mass is 9.91. The summed E-state index contributed by atoms with van der Waals surface area (Å²) in [5.41, 5.74) is -0.651. The Labute approximate surface area is 253 Å². The van der Waals surface area contributed by atoms with E-state index in [0.717, 1.165) is 19.3 Å². The van der Waals surface area contributed by atoms with Crippen molar-refractivity contribution in [1.82, 2.24) is 5.32 Å². The Morgan fingerprint density at radius 3 is 1.90 bits per heavy atom. The van der Waals surface area contributed by atoms with E-state index < -0.39 is 40.0 Å². The minimum atomic E-state index is -3.73. The standard InChI is InChI=1S/C31H64NO7PSi/c1-11-12-13-14-15-16-17-18-19-20-21-22-23-26-24-36-40(34,35-8)39-28(26)27(32-29(33)38-30(2,3)4)25-37-41(9,10)31(5,6)7/h26-28H,11-25H2,1-10H3,(H,32,33)/t26-,27+,28+,40?/m1/s1. The minimum Gasteiger partial charge on any atom is -0.444 e. The van der Waals surface area contributed by atoms with Crippen LogP contribution in [0.3, 0.4) is 0 Å². The molecule has 41 heavy (non-hydrogen) atoms. The summed E-state index contributed by atoms with van der Waals surface area (Å²) in [4.78, 5) is 12.9. The highest BCUT2D eigenvalue weighted by atomic mass is 31.2. The van der Waals surface area contributed by atoms with Gasteiger partial charge in [-0.2, -0.15) is 0 Å². The van der Waals surface area contributed by atoms with Crippen LogP contribution in [0.5, 0.6) is 0 Å². The molecule has 244 valence electrons. The van der Waals surface area contributed by atoms with E-state index in [4.69, 9.17) is 22.7 Å². The van der Waals surface area contributed by atoms with E-state index in [1.165, 1.54) is 71.3 Å². The summed E-state index contributed by atoms with van der Waals surface area (Å²) < 4.78 is 41.9. The van der Waals surface area contributed by atoms with E-state index in [2.05, 4.69) is 46.1 Å². The molecule has 1 aliphatic rings. The minimum absolute atomic E-state index is 0.00369. The number of hydrogen-bond donors (Lipinski definition) is 1. The quantitative estimate of drug-likeness (QED) is 0.0872. The van der Waals surface area contributed by atoms with Crippen molar-refractivity contribution in [3.05, 3.63) is 0 Å². The van der Waals surface area contributed by atoms with Crippen molar-refractivity contribution in [3.8, 4) is 0 Å². The molecule has 0 radical (unpaired) electrons. The van der Waals surface area contributed by atoms with Crippen molar-refractivity contribution in [1.29, 1.82) is 0 Å². The first-order valence-corrected chi connectivity index (χ1v) is 20.5. The highest BCUT2D eigenvalue weighted by Crippen LogP contribution is 2.55. The molecule has 1 amide bonds. The average Bonchev–Trinajstić information content (AvgIpc) is 2.86. The van der Waals surface area contributed by atoms with Gasteiger partial charge in [0.2, 0.25) is 0 Å². The smallest absolute Gasteiger partial charge is 0.444 e. The van der Waals surface area contributed by atoms with Crippen LogP contribution >= 0.6 is 7.82 Å². The maximum absolute atomic E-state index is 13.1. The number of alkyl carbamates (subject to hydrolysis) is 1. The van der Waals surface area contributed by atoms with Gasteiger partial charge in [-0.15, -0.1) is 0 Å². The third-order valence-electron chi connectivity index (χ3n) is 8.34. The molecule has 8 nitrogen and oxygen atoms in total. The Morgan fingerprint density at radius 1 is 0.927 bits per heavy atom. The Bertz CT molecular complexity index is 781. The molecule has 0 aromatic heterocycles. The molecule has 4 atom stereocenters. The number of unbranched alkanes of at least 4 members (excludes halogenated alkanes) is 11. The highest BCUT2D eigenvalue weighted by Gasteiger charge is 2.46. The summed E-state index contributed by atoms with van der Waals surface area (Å²) in [6, 6.07) is -0.561. The lowest BCUT2D eigenvalue weighted by molar-refractivity contribution is -0.0375. The van der Waals surface area contributed by atoms with Crippen LogP contribution in [-0.4, -0.2) is 52.5 Å². The number of nitrogens with one attached hydrogen (secondary N) is 1. The van der Waals surface area contributed by atoms with Gasteiger partial charge in [-0.25, -0.2) is 9.36 Å². The Hall–Kier alpha value is -0.443. The average molecular weight is 622 g/mol. The maximum Gasteiger partial charge on any atom is 0.474 e. The fourth-order valence-electron chi connectivity index (χ4n) is 4.73. The molecule has 1 heterocycles. The number of carbonyl (C=O) groups excluding carboxylic acids is 1. The van der Waals surface area contributed by atoms with E-state index >= 15 is 0 Å². The molecule has 1 aliphatic heterocycles. The summed E-state index contributed by atoms with van der Waals surface area (Å²) in [5.74, 6) is -0.0571. The lowest BCUT2D eigenvalue weighted by Crippen LogP contribution is -2.55. The zero-order valence-corrected chi connectivity index (χ0v) is 30.0. The number of phosphoric ester groups is 1. The Kier molecular flexibility index (Phi) is 17.3. The number of rotatable bonds is 19. The molecule has 0 spiro atoms. The van der Waals surface area contributed by atoms with Gasteiger partial charge in [-0.3, -0.25) is 13.6 Å². The second-order valence-electron chi connectivity index (χ2n) is 14.3. The van der Waals surface area contributed by atoms with E-state index in [9.17, 15) is 9.36 Å².